The molecule has 0 saturated carbocycles. The molecular weight excluding hydrogens is 777 g/mol. The minimum atomic E-state index is -1.03. The number of carbonyl (C=O) groups excluding carboxylic acids is 4. The third kappa shape index (κ3) is 11.5. The smallest absolute Gasteiger partial charge is 0.408 e. The van der Waals surface area contributed by atoms with E-state index >= 15 is 0 Å². The standard InChI is InChI=1S/C44H48N4O6S3/c1-43(2,3)54-42(52)47-35(29-56-44(31-20-12-7-13-21-31,32-22-14-8-15-23-32)33-24-16-9-17-25-33)39(49)45-28-36-48-37(38(57-36)30-18-10-6-11-19-30)40(50)46-34(26-27-55-5)41(51)53-4/h6-25,34-35H,26-29H2,1-5H3,(H,45,49)(H,46,50)(H,47,52)/t34-,35?/m0/s1. The van der Waals surface area contributed by atoms with Crippen LogP contribution in [0.2, 0.25) is 0 Å². The maximum absolute atomic E-state index is 14.2. The number of benzene rings is 4. The highest BCUT2D eigenvalue weighted by atomic mass is 32.2. The molecule has 0 aliphatic carbocycles. The SMILES string of the molecule is COC(=O)[C@H](CCSC)NC(=O)c1nc(CNC(=O)C(CSC(c2ccccc2)(c2ccccc2)c2ccccc2)NC(=O)OC(C)(C)C)sc1-c1ccccc1. The topological polar surface area (TPSA) is 136 Å². The molecule has 0 spiro atoms. The summed E-state index contributed by atoms with van der Waals surface area (Å²) in [6.07, 6.45) is 1.58. The number of amides is 3. The Morgan fingerprint density at radius 3 is 1.77 bits per heavy atom. The lowest BCUT2D eigenvalue weighted by atomic mass is 9.84. The average molecular weight is 825 g/mol. The van der Waals surface area contributed by atoms with Gasteiger partial charge < -0.3 is 25.4 Å². The number of hydrogen-bond donors (Lipinski definition) is 3. The summed E-state index contributed by atoms with van der Waals surface area (Å²) in [5.74, 6) is -0.727. The van der Waals surface area contributed by atoms with Crippen molar-refractivity contribution in [2.45, 2.75) is 56.2 Å². The first-order chi connectivity index (χ1) is 27.4. The Bertz CT molecular complexity index is 1980. The zero-order valence-electron chi connectivity index (χ0n) is 32.7. The third-order valence-corrected chi connectivity index (χ3v) is 12.1. The molecule has 1 aromatic heterocycles. The van der Waals surface area contributed by atoms with Crippen LogP contribution in [-0.4, -0.2) is 71.4 Å². The van der Waals surface area contributed by atoms with Gasteiger partial charge in [0.1, 0.15) is 28.4 Å². The summed E-state index contributed by atoms with van der Waals surface area (Å²) in [5, 5.41) is 9.06. The maximum atomic E-state index is 14.2. The van der Waals surface area contributed by atoms with E-state index in [2.05, 4.69) is 57.3 Å². The summed E-state index contributed by atoms with van der Waals surface area (Å²) in [5.41, 5.74) is 3.12. The lowest BCUT2D eigenvalue weighted by molar-refractivity contribution is -0.142. The number of rotatable bonds is 17. The third-order valence-electron chi connectivity index (χ3n) is 8.75. The first kappa shape index (κ1) is 43.0. The van der Waals surface area contributed by atoms with E-state index in [4.69, 9.17) is 9.47 Å². The van der Waals surface area contributed by atoms with Crippen LogP contribution in [0.4, 0.5) is 4.79 Å². The summed E-state index contributed by atoms with van der Waals surface area (Å²) in [4.78, 5) is 59.0. The van der Waals surface area contributed by atoms with E-state index in [-0.39, 0.29) is 18.0 Å². The van der Waals surface area contributed by atoms with Crippen LogP contribution in [0.3, 0.4) is 0 Å². The van der Waals surface area contributed by atoms with Gasteiger partial charge in [0.2, 0.25) is 5.91 Å². The number of ether oxygens (including phenoxy) is 2. The van der Waals surface area contributed by atoms with Crippen molar-refractivity contribution in [2.75, 3.05) is 24.9 Å². The predicted molar refractivity (Wildman–Crippen MR) is 230 cm³/mol. The number of thiazole rings is 1. The maximum Gasteiger partial charge on any atom is 0.408 e. The minimum Gasteiger partial charge on any atom is -0.467 e. The molecular formula is C44H48N4O6S3. The van der Waals surface area contributed by atoms with E-state index in [0.717, 1.165) is 22.3 Å². The molecule has 3 amide bonds. The van der Waals surface area contributed by atoms with Crippen LogP contribution in [0.1, 0.15) is 59.4 Å². The molecule has 298 valence electrons. The Kier molecular flexibility index (Phi) is 15.4. The molecule has 0 radical (unpaired) electrons. The van der Waals surface area contributed by atoms with E-state index in [0.29, 0.717) is 22.1 Å². The quantitative estimate of drug-likeness (QED) is 0.0629. The van der Waals surface area contributed by atoms with Crippen molar-refractivity contribution in [3.63, 3.8) is 0 Å². The van der Waals surface area contributed by atoms with Crippen molar-refractivity contribution in [3.8, 4) is 10.4 Å². The molecule has 5 aromatic rings. The van der Waals surface area contributed by atoms with Crippen LogP contribution in [0.5, 0.6) is 0 Å². The monoisotopic (exact) mass is 824 g/mol. The van der Waals surface area contributed by atoms with Crippen LogP contribution in [0, 0.1) is 0 Å². The molecule has 5 rings (SSSR count). The predicted octanol–water partition coefficient (Wildman–Crippen LogP) is 8.07. The summed E-state index contributed by atoms with van der Waals surface area (Å²) in [7, 11) is 1.29. The second kappa shape index (κ2) is 20.4. The fraction of sp³-hybridized carbons (Fsp3) is 0.295. The van der Waals surface area contributed by atoms with E-state index < -0.39 is 46.3 Å². The van der Waals surface area contributed by atoms with Crippen molar-refractivity contribution >= 4 is 58.7 Å². The second-order valence-electron chi connectivity index (χ2n) is 14.0. The molecule has 0 saturated heterocycles. The molecule has 0 fully saturated rings. The molecule has 1 unspecified atom stereocenters. The molecule has 3 N–H and O–H groups in total. The molecule has 10 nitrogen and oxygen atoms in total. The number of carbonyl (C=O) groups is 4. The van der Waals surface area contributed by atoms with Crippen LogP contribution in [-0.2, 0) is 30.4 Å². The Morgan fingerprint density at radius 1 is 0.754 bits per heavy atom. The van der Waals surface area contributed by atoms with Crippen molar-refractivity contribution in [1.29, 1.82) is 0 Å². The highest BCUT2D eigenvalue weighted by molar-refractivity contribution is 8.00. The summed E-state index contributed by atoms with van der Waals surface area (Å²) in [6, 6.07) is 37.7. The van der Waals surface area contributed by atoms with Crippen molar-refractivity contribution in [2.24, 2.45) is 0 Å². The van der Waals surface area contributed by atoms with E-state index in [1.165, 1.54) is 30.2 Å². The van der Waals surface area contributed by atoms with Gasteiger partial charge in [-0.15, -0.1) is 23.1 Å². The highest BCUT2D eigenvalue weighted by Gasteiger charge is 2.39. The summed E-state index contributed by atoms with van der Waals surface area (Å²) >= 11 is 4.35. The second-order valence-corrected chi connectivity index (χ2v) is 17.3. The number of esters is 1. The van der Waals surface area contributed by atoms with Gasteiger partial charge in [-0.3, -0.25) is 9.59 Å². The fourth-order valence-electron chi connectivity index (χ4n) is 6.13. The molecule has 2 atom stereocenters. The van der Waals surface area contributed by atoms with Gasteiger partial charge in [0.15, 0.2) is 0 Å². The minimum absolute atomic E-state index is 0.0259. The van der Waals surface area contributed by atoms with Crippen LogP contribution < -0.4 is 16.0 Å². The number of hydrogen-bond acceptors (Lipinski definition) is 10. The van der Waals surface area contributed by atoms with Gasteiger partial charge in [-0.1, -0.05) is 121 Å². The number of thioether (sulfide) groups is 2. The number of alkyl carbamates (subject to hydrolysis) is 1. The van der Waals surface area contributed by atoms with Crippen molar-refractivity contribution in [1.82, 2.24) is 20.9 Å². The summed E-state index contributed by atoms with van der Waals surface area (Å²) in [6.45, 7) is 5.26. The Morgan fingerprint density at radius 2 is 1.28 bits per heavy atom. The van der Waals surface area contributed by atoms with Crippen LogP contribution in [0.15, 0.2) is 121 Å². The first-order valence-electron chi connectivity index (χ1n) is 18.5. The molecule has 0 aliphatic heterocycles. The Labute approximate surface area is 346 Å². The molecule has 57 heavy (non-hydrogen) atoms. The van der Waals surface area contributed by atoms with Gasteiger partial charge in [-0.05, 0) is 61.5 Å². The molecule has 4 aromatic carbocycles. The van der Waals surface area contributed by atoms with Gasteiger partial charge >= 0.3 is 12.1 Å². The number of nitrogens with zero attached hydrogens (tertiary/aromatic N) is 1. The van der Waals surface area contributed by atoms with Crippen LogP contribution >= 0.6 is 34.9 Å². The van der Waals surface area contributed by atoms with Gasteiger partial charge in [-0.2, -0.15) is 11.8 Å². The first-order valence-corrected chi connectivity index (χ1v) is 21.6. The average Bonchev–Trinajstić information content (AvgIpc) is 3.66. The normalized spacial score (nSPS) is 12.5. The van der Waals surface area contributed by atoms with Crippen LogP contribution in [0.25, 0.3) is 10.4 Å². The highest BCUT2D eigenvalue weighted by Crippen LogP contribution is 2.48. The largest absolute Gasteiger partial charge is 0.467 e. The number of aromatic nitrogens is 1. The zero-order valence-corrected chi connectivity index (χ0v) is 35.1. The number of methoxy groups -OCH3 is 1. The Hall–Kier alpha value is -5.11. The molecule has 1 heterocycles. The van der Waals surface area contributed by atoms with E-state index in [1.807, 2.05) is 91.2 Å². The fourth-order valence-corrected chi connectivity index (χ4v) is 9.17. The van der Waals surface area contributed by atoms with Crippen molar-refractivity contribution in [3.05, 3.63) is 149 Å². The lowest BCUT2D eigenvalue weighted by Crippen LogP contribution is -2.50. The van der Waals surface area contributed by atoms with Crippen molar-refractivity contribution < 1.29 is 28.7 Å². The molecule has 0 aliphatic rings. The zero-order chi connectivity index (χ0) is 40.8. The van der Waals surface area contributed by atoms with Gasteiger partial charge in [0.05, 0.1) is 23.3 Å². The molecule has 13 heteroatoms. The number of nitrogens with one attached hydrogen (secondary N) is 3. The van der Waals surface area contributed by atoms with Gasteiger partial charge in [0.25, 0.3) is 5.91 Å². The van der Waals surface area contributed by atoms with Gasteiger partial charge in [0, 0.05) is 5.75 Å². The Balaban J connectivity index is 1.46. The van der Waals surface area contributed by atoms with Gasteiger partial charge in [-0.25, -0.2) is 14.6 Å². The van der Waals surface area contributed by atoms with E-state index in [9.17, 15) is 19.2 Å². The summed E-state index contributed by atoms with van der Waals surface area (Å²) < 4.78 is 9.82. The van der Waals surface area contributed by atoms with E-state index in [1.54, 1.807) is 32.5 Å². The lowest BCUT2D eigenvalue weighted by Gasteiger charge is -2.36. The molecule has 0 bridgehead atoms.